The number of aromatic nitrogens is 7. The van der Waals surface area contributed by atoms with Crippen LogP contribution in [0.2, 0.25) is 0 Å². The number of fused-ring (bicyclic) bond motifs is 2. The van der Waals surface area contributed by atoms with Crippen LogP contribution in [0.1, 0.15) is 61.1 Å². The van der Waals surface area contributed by atoms with E-state index in [2.05, 4.69) is 47.8 Å². The first-order valence-corrected chi connectivity index (χ1v) is 20.0. The van der Waals surface area contributed by atoms with Crippen LogP contribution in [0.5, 0.6) is 0 Å². The van der Waals surface area contributed by atoms with Crippen LogP contribution in [0.15, 0.2) is 59.8 Å². The van der Waals surface area contributed by atoms with Crippen molar-refractivity contribution in [3.05, 3.63) is 76.0 Å². The summed E-state index contributed by atoms with van der Waals surface area (Å²) in [6, 6.07) is 13.1. The number of amides is 2. The highest BCUT2D eigenvalue weighted by atomic mass is 32.1. The summed E-state index contributed by atoms with van der Waals surface area (Å²) in [5.74, 6) is 1.04. The number of piperidine rings is 1. The van der Waals surface area contributed by atoms with Gasteiger partial charge in [-0.2, -0.15) is 5.26 Å². The number of nitrogens with zero attached hydrogens (tertiary/aromatic N) is 10. The summed E-state index contributed by atoms with van der Waals surface area (Å²) in [7, 11) is 3.66. The Bertz CT molecular complexity index is 2580. The highest BCUT2D eigenvalue weighted by molar-refractivity contribution is 7.14. The number of carbonyl (C=O) groups is 2. The third-order valence-corrected chi connectivity index (χ3v) is 12.9. The van der Waals surface area contributed by atoms with Gasteiger partial charge in [0.25, 0.3) is 0 Å². The molecule has 2 N–H and O–H groups in total. The molecule has 1 aliphatic carbocycles. The predicted molar refractivity (Wildman–Crippen MR) is 214 cm³/mol. The summed E-state index contributed by atoms with van der Waals surface area (Å²) in [5, 5.41) is 27.0. The van der Waals surface area contributed by atoms with Gasteiger partial charge in [0.2, 0.25) is 11.8 Å². The molecule has 3 fully saturated rings. The fourth-order valence-electron chi connectivity index (χ4n) is 8.76. The Labute approximate surface area is 326 Å². The SMILES string of the molecule is CNc1cc(-n2ccc3cc(C#N)cnc32)ncc1-c1nnc(C2CCC(CN3CCN(c4cccc5c4n(C)c(=O)n5C4CCC(=O)NC4=O)CC3)CC2)s1. The van der Waals surface area contributed by atoms with E-state index in [0.717, 1.165) is 113 Å². The normalized spacial score (nSPS) is 20.7. The van der Waals surface area contributed by atoms with Crippen molar-refractivity contribution in [2.75, 3.05) is 50.0 Å². The van der Waals surface area contributed by atoms with E-state index in [9.17, 15) is 19.6 Å². The van der Waals surface area contributed by atoms with Gasteiger partial charge >= 0.3 is 5.69 Å². The van der Waals surface area contributed by atoms with E-state index in [0.29, 0.717) is 23.8 Å². The van der Waals surface area contributed by atoms with E-state index in [-0.39, 0.29) is 18.0 Å². The van der Waals surface area contributed by atoms with Gasteiger partial charge in [-0.15, -0.1) is 10.2 Å². The second kappa shape index (κ2) is 14.6. The molecule has 1 unspecified atom stereocenters. The van der Waals surface area contributed by atoms with E-state index in [1.807, 2.05) is 54.3 Å². The van der Waals surface area contributed by atoms with Crippen LogP contribution < -0.4 is 21.2 Å². The number of aryl methyl sites for hydroxylation is 1. The van der Waals surface area contributed by atoms with E-state index < -0.39 is 11.9 Å². The third kappa shape index (κ3) is 6.40. The number of anilines is 2. The van der Waals surface area contributed by atoms with Gasteiger partial charge in [0.15, 0.2) is 5.01 Å². The Hall–Kier alpha value is -5.92. The molecule has 15 nitrogen and oxygen atoms in total. The number of imidazole rings is 1. The Balaban J connectivity index is 0.812. The number of rotatable bonds is 8. The minimum Gasteiger partial charge on any atom is -0.387 e. The van der Waals surface area contributed by atoms with Crippen LogP contribution in [-0.2, 0) is 16.6 Å². The molecule has 16 heteroatoms. The molecular weight excluding hydrogens is 729 g/mol. The summed E-state index contributed by atoms with van der Waals surface area (Å²) in [5.41, 5.74) is 5.39. The number of para-hydroxylation sites is 1. The van der Waals surface area contributed by atoms with E-state index in [4.69, 9.17) is 4.98 Å². The van der Waals surface area contributed by atoms with Crippen molar-refractivity contribution in [2.24, 2.45) is 13.0 Å². The van der Waals surface area contributed by atoms with Crippen molar-refractivity contribution in [1.29, 1.82) is 5.26 Å². The Morgan fingerprint density at radius 2 is 1.80 bits per heavy atom. The van der Waals surface area contributed by atoms with Crippen LogP contribution in [0.25, 0.3) is 38.5 Å². The minimum atomic E-state index is -0.696. The highest BCUT2D eigenvalue weighted by Crippen LogP contribution is 2.40. The standard InChI is InChI=1S/C40H42N12O3S/c1-42-29-19-33(51-13-12-27-18-25(20-41)21-44-36(27)51)43-22-28(29)39-47-46-38(56-39)26-8-6-24(7-9-26)23-49-14-16-50(17-15-49)30-4-3-5-31-35(30)48(2)40(55)52(31)32-10-11-34(53)45-37(32)54/h3-5,12-13,18-19,21-22,24,26,32H,6-11,14-17,23H2,1-2H3,(H,42,43)(H,45,53,54). The summed E-state index contributed by atoms with van der Waals surface area (Å²) in [6.07, 6.45) is 10.4. The highest BCUT2D eigenvalue weighted by Gasteiger charge is 2.33. The lowest BCUT2D eigenvalue weighted by Gasteiger charge is -2.39. The smallest absolute Gasteiger partial charge is 0.329 e. The quantitative estimate of drug-likeness (QED) is 0.208. The van der Waals surface area contributed by atoms with Crippen LogP contribution in [0.3, 0.4) is 0 Å². The zero-order valence-corrected chi connectivity index (χ0v) is 32.1. The summed E-state index contributed by atoms with van der Waals surface area (Å²) >= 11 is 1.66. The van der Waals surface area contributed by atoms with Crippen molar-refractivity contribution in [3.63, 3.8) is 0 Å². The van der Waals surface area contributed by atoms with Crippen LogP contribution in [-0.4, -0.2) is 90.4 Å². The summed E-state index contributed by atoms with van der Waals surface area (Å²) in [6.45, 7) is 4.67. The van der Waals surface area contributed by atoms with Crippen LogP contribution >= 0.6 is 11.3 Å². The van der Waals surface area contributed by atoms with Gasteiger partial charge in [0.1, 0.15) is 28.6 Å². The molecule has 0 spiro atoms. The Morgan fingerprint density at radius 1 is 0.982 bits per heavy atom. The number of nitriles is 1. The molecule has 3 aliphatic rings. The molecular formula is C40H42N12O3S. The maximum atomic E-state index is 13.4. The van der Waals surface area contributed by atoms with Gasteiger partial charge in [-0.1, -0.05) is 17.4 Å². The molecule has 5 aromatic heterocycles. The number of pyridine rings is 2. The maximum Gasteiger partial charge on any atom is 0.329 e. The van der Waals surface area contributed by atoms with E-state index >= 15 is 0 Å². The van der Waals surface area contributed by atoms with Crippen molar-refractivity contribution in [3.8, 4) is 22.5 Å². The number of nitrogens with one attached hydrogen (secondary N) is 2. The fraction of sp³-hybridized carbons (Fsp3) is 0.400. The molecule has 56 heavy (non-hydrogen) atoms. The lowest BCUT2D eigenvalue weighted by Crippen LogP contribution is -2.48. The number of carbonyl (C=O) groups excluding carboxylic acids is 2. The molecule has 9 rings (SSSR count). The first kappa shape index (κ1) is 35.8. The lowest BCUT2D eigenvalue weighted by molar-refractivity contribution is -0.135. The zero-order valence-electron chi connectivity index (χ0n) is 31.3. The molecule has 286 valence electrons. The number of hydrogen-bond donors (Lipinski definition) is 2. The predicted octanol–water partition coefficient (Wildman–Crippen LogP) is 4.58. The van der Waals surface area contributed by atoms with Gasteiger partial charge in [0, 0.05) is 94.9 Å². The topological polar surface area (TPSA) is 172 Å². The van der Waals surface area contributed by atoms with Gasteiger partial charge in [-0.3, -0.25) is 33.5 Å². The second-order valence-corrected chi connectivity index (χ2v) is 16.1. The van der Waals surface area contributed by atoms with Crippen molar-refractivity contribution < 1.29 is 9.59 Å². The van der Waals surface area contributed by atoms with Crippen molar-refractivity contribution in [1.82, 2.24) is 44.1 Å². The van der Waals surface area contributed by atoms with Crippen molar-refractivity contribution >= 4 is 56.6 Å². The largest absolute Gasteiger partial charge is 0.387 e. The number of piperazine rings is 1. The number of imide groups is 1. The molecule has 2 amide bonds. The van der Waals surface area contributed by atoms with Gasteiger partial charge < -0.3 is 10.2 Å². The Kier molecular flexibility index (Phi) is 9.34. The van der Waals surface area contributed by atoms with Crippen molar-refractivity contribution in [2.45, 2.75) is 50.5 Å². The molecule has 0 radical (unpaired) electrons. The average Bonchev–Trinajstić information content (AvgIpc) is 3.95. The Morgan fingerprint density at radius 3 is 2.57 bits per heavy atom. The van der Waals surface area contributed by atoms with Gasteiger partial charge in [0.05, 0.1) is 27.8 Å². The molecule has 2 saturated heterocycles. The summed E-state index contributed by atoms with van der Waals surface area (Å²) in [4.78, 5) is 52.1. The van der Waals surface area contributed by atoms with Gasteiger partial charge in [-0.25, -0.2) is 14.8 Å². The van der Waals surface area contributed by atoms with Gasteiger partial charge in [-0.05, 0) is 62.3 Å². The summed E-state index contributed by atoms with van der Waals surface area (Å²) < 4.78 is 5.12. The molecule has 6 aromatic rings. The van der Waals surface area contributed by atoms with E-state index in [1.54, 1.807) is 33.7 Å². The first-order valence-electron chi connectivity index (χ1n) is 19.2. The second-order valence-electron chi connectivity index (χ2n) is 15.0. The fourth-order valence-corrected chi connectivity index (χ4v) is 9.80. The molecule has 2 aliphatic heterocycles. The first-order chi connectivity index (χ1) is 27.3. The third-order valence-electron chi connectivity index (χ3n) is 11.8. The van der Waals surface area contributed by atoms with Crippen LogP contribution in [0, 0.1) is 17.2 Å². The monoisotopic (exact) mass is 770 g/mol. The van der Waals surface area contributed by atoms with Crippen LogP contribution in [0.4, 0.5) is 11.4 Å². The molecule has 0 bridgehead atoms. The average molecular weight is 771 g/mol. The minimum absolute atomic E-state index is 0.219. The van der Waals surface area contributed by atoms with E-state index in [1.165, 1.54) is 0 Å². The molecule has 7 heterocycles. The number of benzene rings is 1. The number of hydrogen-bond acceptors (Lipinski definition) is 12. The molecule has 1 aromatic carbocycles. The maximum absolute atomic E-state index is 13.4. The lowest BCUT2D eigenvalue weighted by atomic mass is 9.82. The zero-order chi connectivity index (χ0) is 38.5. The molecule has 1 saturated carbocycles. The molecule has 1 atom stereocenters.